The molecule has 1 aliphatic rings. The number of likely N-dealkylation sites (N-methyl/N-ethyl adjacent to an activating group) is 1. The molecule has 6 heterocycles. The summed E-state index contributed by atoms with van der Waals surface area (Å²) in [6, 6.07) is 11.3. The van der Waals surface area contributed by atoms with Crippen molar-refractivity contribution < 1.29 is 0 Å². The van der Waals surface area contributed by atoms with Crippen molar-refractivity contribution in [1.82, 2.24) is 27.7 Å². The summed E-state index contributed by atoms with van der Waals surface area (Å²) in [6.07, 6.45) is 11.9. The molecule has 96 heavy (non-hydrogen) atoms. The van der Waals surface area contributed by atoms with Crippen molar-refractivity contribution in [2.75, 3.05) is 7.05 Å². The molecule has 0 radical (unpaired) electrons. The van der Waals surface area contributed by atoms with Gasteiger partial charge in [-0.15, -0.1) is 0 Å². The molecule has 6 rings (SSSR count). The fraction of sp³-hybridized carbons (Fsp3) is 0.635. The molecule has 552 valence electrons. The Kier molecular flexibility index (Phi) is 55.5. The summed E-state index contributed by atoms with van der Waals surface area (Å²) in [5, 5.41) is 0. The van der Waals surface area contributed by atoms with E-state index in [1.165, 1.54) is 50.2 Å². The topological polar surface area (TPSA) is 113 Å². The van der Waals surface area contributed by atoms with Gasteiger partial charge in [0.25, 0.3) is 22.2 Å². The van der Waals surface area contributed by atoms with Gasteiger partial charge >= 0.3 is 0 Å². The van der Waals surface area contributed by atoms with E-state index in [0.717, 1.165) is 22.5 Å². The second-order valence-electron chi connectivity index (χ2n) is 26.6. The van der Waals surface area contributed by atoms with Crippen LogP contribution in [0.4, 0.5) is 0 Å². The van der Waals surface area contributed by atoms with Crippen molar-refractivity contribution in [3.63, 3.8) is 0 Å². The first-order valence-electron chi connectivity index (χ1n) is 37.0. The highest BCUT2D eigenvalue weighted by atomic mass is 16.1. The van der Waals surface area contributed by atoms with Crippen molar-refractivity contribution in [1.29, 1.82) is 0 Å². The molecule has 1 aliphatic heterocycles. The van der Waals surface area contributed by atoms with Crippen LogP contribution < -0.4 is 27.8 Å². The highest BCUT2D eigenvalue weighted by molar-refractivity contribution is 5.39. The molecular formula is C85H152N6O5. The number of hydrogen-bond donors (Lipinski definition) is 0. The Morgan fingerprint density at radius 1 is 0.302 bits per heavy atom. The van der Waals surface area contributed by atoms with Crippen LogP contribution in [0.5, 0.6) is 0 Å². The van der Waals surface area contributed by atoms with Crippen molar-refractivity contribution in [3.05, 3.63) is 204 Å². The molecule has 0 aromatic carbocycles. The summed E-state index contributed by atoms with van der Waals surface area (Å²) in [5.41, 5.74) is 16.1. The number of pyridine rings is 5. The van der Waals surface area contributed by atoms with E-state index in [9.17, 15) is 24.0 Å². The van der Waals surface area contributed by atoms with Crippen LogP contribution in [-0.4, -0.2) is 34.8 Å². The van der Waals surface area contributed by atoms with E-state index in [4.69, 9.17) is 0 Å². The van der Waals surface area contributed by atoms with E-state index < -0.39 is 0 Å². The molecule has 0 bridgehead atoms. The molecule has 0 N–H and O–H groups in total. The maximum Gasteiger partial charge on any atom is 0.254 e. The highest BCUT2D eigenvalue weighted by Crippen LogP contribution is 2.32. The lowest BCUT2D eigenvalue weighted by Gasteiger charge is -2.32. The number of nitrogens with zero attached hydrogens (tertiary/aromatic N) is 6. The van der Waals surface area contributed by atoms with Gasteiger partial charge in [0.1, 0.15) is 0 Å². The van der Waals surface area contributed by atoms with Gasteiger partial charge in [0.15, 0.2) is 0 Å². The SMILES string of the molecule is C=C1C=CC(C(C)C)=C(C(C)C)N1C.CC.CC.CC.CC.CC.CC.CC(C)c1cc(=O)n(C)cc1C(C)C.CC(C)c1cc(=O)n(C)cc1C(C)C.CC(C)c1ccc(=O)n(C)c1C(C)C.CC(C)c1ccn(C)c(=O)c1C(C)C.CC(C)c1ccn(C)c(=O)c1C(C)C. The van der Waals surface area contributed by atoms with Crippen molar-refractivity contribution in [2.24, 2.45) is 47.1 Å². The summed E-state index contributed by atoms with van der Waals surface area (Å²) in [4.78, 5) is 60.5. The van der Waals surface area contributed by atoms with Gasteiger partial charge in [-0.05, 0) is 134 Å². The van der Waals surface area contributed by atoms with E-state index in [-0.39, 0.29) is 27.8 Å². The molecule has 11 nitrogen and oxygen atoms in total. The maximum absolute atomic E-state index is 11.9. The van der Waals surface area contributed by atoms with Gasteiger partial charge in [-0.1, -0.05) is 268 Å². The molecular weight excluding hydrogens is 1180 g/mol. The highest BCUT2D eigenvalue weighted by Gasteiger charge is 2.21. The third-order valence-corrected chi connectivity index (χ3v) is 15.4. The maximum atomic E-state index is 11.9. The third kappa shape index (κ3) is 32.9. The summed E-state index contributed by atoms with van der Waals surface area (Å²) in [5.74, 6) is 5.21. The predicted octanol–water partition coefficient (Wildman–Crippen LogP) is 22.9. The van der Waals surface area contributed by atoms with Crippen molar-refractivity contribution in [2.45, 2.75) is 308 Å². The number of allylic oxidation sites excluding steroid dienone is 4. The molecule has 0 fully saturated rings. The lowest BCUT2D eigenvalue weighted by molar-refractivity contribution is 0.446. The Morgan fingerprint density at radius 2 is 0.604 bits per heavy atom. The zero-order valence-corrected chi connectivity index (χ0v) is 70.3. The van der Waals surface area contributed by atoms with Crippen LogP contribution in [0, 0.1) is 11.8 Å². The summed E-state index contributed by atoms with van der Waals surface area (Å²) in [6.45, 7) is 79.5. The lowest BCUT2D eigenvalue weighted by Crippen LogP contribution is -2.24. The first-order chi connectivity index (χ1) is 44.6. The van der Waals surface area contributed by atoms with E-state index in [1.807, 2.05) is 121 Å². The van der Waals surface area contributed by atoms with Gasteiger partial charge in [0, 0.05) is 113 Å². The Morgan fingerprint density at radius 3 is 0.854 bits per heavy atom. The number of rotatable bonds is 12. The van der Waals surface area contributed by atoms with Gasteiger partial charge in [-0.2, -0.15) is 0 Å². The summed E-state index contributed by atoms with van der Waals surface area (Å²) in [7, 11) is 11.2. The molecule has 0 unspecified atom stereocenters. The van der Waals surface area contributed by atoms with Gasteiger partial charge in [0.05, 0.1) is 0 Å². The normalized spacial score (nSPS) is 11.2. The van der Waals surface area contributed by atoms with Crippen LogP contribution in [0.25, 0.3) is 0 Å². The minimum Gasteiger partial charge on any atom is -0.348 e. The number of aromatic nitrogens is 5. The molecule has 0 saturated carbocycles. The van der Waals surface area contributed by atoms with Gasteiger partial charge in [-0.25, -0.2) is 0 Å². The van der Waals surface area contributed by atoms with Crippen molar-refractivity contribution in [3.8, 4) is 0 Å². The quantitative estimate of drug-likeness (QED) is 0.123. The first-order valence-corrected chi connectivity index (χ1v) is 37.0. The Bertz CT molecular complexity index is 3130. The first kappa shape index (κ1) is 101. The Labute approximate surface area is 591 Å². The van der Waals surface area contributed by atoms with E-state index in [1.54, 1.807) is 69.2 Å². The minimum absolute atomic E-state index is 0.0816. The van der Waals surface area contributed by atoms with Crippen LogP contribution >= 0.6 is 0 Å². The average molecular weight is 1340 g/mol. The second-order valence-corrected chi connectivity index (χ2v) is 26.6. The fourth-order valence-electron chi connectivity index (χ4n) is 10.6. The van der Waals surface area contributed by atoms with Crippen LogP contribution in [0.2, 0.25) is 0 Å². The molecule has 0 aliphatic carbocycles. The van der Waals surface area contributed by atoms with Crippen LogP contribution in [0.15, 0.2) is 121 Å². The number of hydrogen-bond acceptors (Lipinski definition) is 6. The standard InChI is InChI=1S/C13H21N.5C12H19NO.6C2H6/c1-9(2)12-8-7-11(5)14(6)13(12)10(3)4;2*1-8(2)10-6-12(14)13(5)7-11(10)9(3)4;2*1-8(2)10-6-7-13(5)12(14)11(10)9(3)4;1-8(2)10-6-7-11(14)13(5)12(10)9(3)4;6*1-2/h7-10H,5H2,1-4,6H3;5*6-9H,1-5H3;6*1-2H3. The van der Waals surface area contributed by atoms with Crippen LogP contribution in [-0.2, 0) is 35.2 Å². The van der Waals surface area contributed by atoms with E-state index in [2.05, 4.69) is 209 Å². The molecule has 11 heteroatoms. The second kappa shape index (κ2) is 52.8. The Balaban J connectivity index is -0.000000245. The zero-order valence-electron chi connectivity index (χ0n) is 70.3. The van der Waals surface area contributed by atoms with Gasteiger partial charge < -0.3 is 27.7 Å². The lowest BCUT2D eigenvalue weighted by atomic mass is 9.92. The smallest absolute Gasteiger partial charge is 0.254 e. The molecule has 0 amide bonds. The fourth-order valence-corrected chi connectivity index (χ4v) is 10.6. The van der Waals surface area contributed by atoms with E-state index in [0.29, 0.717) is 71.0 Å². The van der Waals surface area contributed by atoms with Crippen LogP contribution in [0.3, 0.4) is 0 Å². The molecule has 0 spiro atoms. The minimum atomic E-state index is 0.0816. The molecule has 5 aromatic rings. The number of aryl methyl sites for hydroxylation is 4. The van der Waals surface area contributed by atoms with Crippen LogP contribution in [0.1, 0.15) is 364 Å². The monoisotopic (exact) mass is 1340 g/mol. The zero-order chi connectivity index (χ0) is 77.3. The van der Waals surface area contributed by atoms with Gasteiger partial charge in [0.2, 0.25) is 5.56 Å². The Hall–Kier alpha value is -6.23. The van der Waals surface area contributed by atoms with E-state index >= 15 is 0 Å². The summed E-state index contributed by atoms with van der Waals surface area (Å²) >= 11 is 0. The summed E-state index contributed by atoms with van der Waals surface area (Å²) < 4.78 is 8.38. The predicted molar refractivity (Wildman–Crippen MR) is 430 cm³/mol. The average Bonchev–Trinajstić information content (AvgIpc) is 0.882. The van der Waals surface area contributed by atoms with Gasteiger partial charge in [-0.3, -0.25) is 24.0 Å². The largest absolute Gasteiger partial charge is 0.348 e. The molecule has 0 atom stereocenters. The van der Waals surface area contributed by atoms with Crippen molar-refractivity contribution >= 4 is 0 Å². The molecule has 0 saturated heterocycles. The third-order valence-electron chi connectivity index (χ3n) is 15.4. The molecule has 5 aromatic heterocycles.